The Morgan fingerprint density at radius 1 is 1.11 bits per heavy atom. The number of benzene rings is 2. The summed E-state index contributed by atoms with van der Waals surface area (Å²) in [5.41, 5.74) is 0.466. The first-order valence-electron chi connectivity index (χ1n) is 12.9. The first-order chi connectivity index (χ1) is 20.6. The molecule has 0 aliphatic carbocycles. The van der Waals surface area contributed by atoms with Gasteiger partial charge in [0, 0.05) is 5.56 Å². The van der Waals surface area contributed by atoms with Crippen LogP contribution in [0.15, 0.2) is 64.8 Å². The predicted molar refractivity (Wildman–Crippen MR) is 146 cm³/mol. The van der Waals surface area contributed by atoms with Gasteiger partial charge in [0.1, 0.15) is 0 Å². The fourth-order valence-electron chi connectivity index (χ4n) is 3.60. The Labute approximate surface area is 250 Å². The second kappa shape index (κ2) is 14.1. The van der Waals surface area contributed by atoms with Crippen molar-refractivity contribution in [3.05, 3.63) is 71.1 Å². The minimum atomic E-state index is -4.72. The highest BCUT2D eigenvalue weighted by atomic mass is 32.2. The van der Waals surface area contributed by atoms with Crippen LogP contribution in [0.25, 0.3) is 16.9 Å². The van der Waals surface area contributed by atoms with Gasteiger partial charge in [0.15, 0.2) is 12.2 Å². The molecule has 0 aliphatic rings. The second-order valence-electron chi connectivity index (χ2n) is 9.31. The maximum absolute atomic E-state index is 13.5. The van der Waals surface area contributed by atoms with Crippen molar-refractivity contribution in [1.29, 1.82) is 0 Å². The Morgan fingerprint density at radius 2 is 1.75 bits per heavy atom. The molecule has 1 N–H and O–H groups in total. The largest absolute Gasteiger partial charge is 0.569 e. The number of hydrogen-bond donors (Lipinski definition) is 1. The summed E-state index contributed by atoms with van der Waals surface area (Å²) in [5.74, 6) is -1.11. The molecular formula is C26H29F3N6O8S. The number of nitrogens with one attached hydrogen (secondary N) is 1. The molecule has 1 aromatic heterocycles. The monoisotopic (exact) mass is 642 g/mol. The molecule has 1 amide bonds. The highest BCUT2D eigenvalue weighted by Gasteiger charge is 2.35. The third kappa shape index (κ3) is 8.82. The molecule has 238 valence electrons. The van der Waals surface area contributed by atoms with E-state index in [1.54, 1.807) is 31.2 Å². The first kappa shape index (κ1) is 33.6. The molecule has 44 heavy (non-hydrogen) atoms. The lowest BCUT2D eigenvalue weighted by Gasteiger charge is -2.21. The van der Waals surface area contributed by atoms with Crippen molar-refractivity contribution in [2.24, 2.45) is 5.28 Å². The van der Waals surface area contributed by atoms with E-state index in [-0.39, 0.29) is 27.9 Å². The number of halogens is 3. The Balaban J connectivity index is 1.75. The van der Waals surface area contributed by atoms with Gasteiger partial charge in [-0.15, -0.1) is 5.01 Å². The van der Waals surface area contributed by atoms with Gasteiger partial charge < -0.3 is 19.5 Å². The van der Waals surface area contributed by atoms with Gasteiger partial charge in [-0.2, -0.15) is 18.3 Å². The molecule has 0 unspecified atom stereocenters. The van der Waals surface area contributed by atoms with Crippen LogP contribution in [0.4, 0.5) is 18.0 Å². The van der Waals surface area contributed by atoms with Gasteiger partial charge >= 0.3 is 12.3 Å². The minimum Gasteiger partial charge on any atom is -0.569 e. The number of hydrazine groups is 1. The van der Waals surface area contributed by atoms with Gasteiger partial charge in [-0.1, -0.05) is 29.8 Å². The highest BCUT2D eigenvalue weighted by Crippen LogP contribution is 2.33. The number of ether oxygens (including phenoxy) is 2. The Morgan fingerprint density at radius 3 is 2.32 bits per heavy atom. The summed E-state index contributed by atoms with van der Waals surface area (Å²) in [5, 5.41) is 19.9. The fraction of sp³-hybridized carbons (Fsp3) is 0.346. The summed E-state index contributed by atoms with van der Waals surface area (Å²) in [7, 11) is -4.47. The van der Waals surface area contributed by atoms with Crippen LogP contribution in [0.3, 0.4) is 0 Å². The summed E-state index contributed by atoms with van der Waals surface area (Å²) in [6.45, 7) is 4.93. The Kier molecular flexibility index (Phi) is 10.8. The number of hydrogen-bond acceptors (Lipinski definition) is 10. The lowest BCUT2D eigenvalue weighted by molar-refractivity contribution is -0.715. The summed E-state index contributed by atoms with van der Waals surface area (Å²) >= 11 is 0. The molecule has 0 saturated heterocycles. The topological polar surface area (TPSA) is 167 Å². The quantitative estimate of drug-likeness (QED) is 0.0750. The van der Waals surface area contributed by atoms with Crippen molar-refractivity contribution in [3.63, 3.8) is 0 Å². The molecule has 0 saturated carbocycles. The molecule has 2 aromatic carbocycles. The zero-order valence-electron chi connectivity index (χ0n) is 23.9. The highest BCUT2D eigenvalue weighted by molar-refractivity contribution is 7.90. The standard InChI is InChI=1S/C26H29F3N6O8S/c1-5-41-25(37)42-16-43-32-35(38)33(17(2)3)15-24(36)31-44(39,40)21-12-10-20(11-13-21)34-22(14-23(30-34)26(27,28)29)19-8-6-18(4)7-9-19/h6-14,17H,5,15-16H2,1-4H3,(H,31,36). The third-order valence-corrected chi connectivity index (χ3v) is 7.12. The van der Waals surface area contributed by atoms with Crippen LogP contribution in [-0.4, -0.2) is 66.2 Å². The fourth-order valence-corrected chi connectivity index (χ4v) is 4.57. The van der Waals surface area contributed by atoms with Crippen molar-refractivity contribution in [2.45, 2.75) is 44.8 Å². The molecule has 14 nitrogen and oxygen atoms in total. The van der Waals surface area contributed by atoms with Crippen LogP contribution in [0.2, 0.25) is 0 Å². The van der Waals surface area contributed by atoms with E-state index < -0.39 is 53.3 Å². The van der Waals surface area contributed by atoms with Crippen LogP contribution in [-0.2, 0) is 35.3 Å². The van der Waals surface area contributed by atoms with Gasteiger partial charge in [-0.05, 0) is 58.0 Å². The lowest BCUT2D eigenvalue weighted by atomic mass is 10.1. The molecule has 0 spiro atoms. The summed E-state index contributed by atoms with van der Waals surface area (Å²) in [6, 6.07) is 11.6. The molecule has 0 fully saturated rings. The smallest absolute Gasteiger partial charge is 0.511 e. The van der Waals surface area contributed by atoms with Gasteiger partial charge in [0.25, 0.3) is 22.7 Å². The summed E-state index contributed by atoms with van der Waals surface area (Å²) in [6.07, 6.45) is -5.78. The average Bonchev–Trinajstić information content (AvgIpc) is 3.40. The zero-order chi connectivity index (χ0) is 32.7. The van der Waals surface area contributed by atoms with Crippen LogP contribution in [0.1, 0.15) is 32.0 Å². The van der Waals surface area contributed by atoms with Crippen LogP contribution < -0.4 is 4.72 Å². The Bertz CT molecular complexity index is 1590. The van der Waals surface area contributed by atoms with Crippen LogP contribution in [0, 0.1) is 12.1 Å². The van der Waals surface area contributed by atoms with E-state index in [9.17, 15) is 36.4 Å². The number of alkyl halides is 3. The molecule has 18 heteroatoms. The number of amides is 1. The normalized spacial score (nSPS) is 12.1. The summed E-state index contributed by atoms with van der Waals surface area (Å²) < 4.78 is 78.0. The predicted octanol–water partition coefficient (Wildman–Crippen LogP) is 4.32. The molecule has 0 bridgehead atoms. The van der Waals surface area contributed by atoms with Gasteiger partial charge in [0.2, 0.25) is 5.28 Å². The molecule has 0 aliphatic heterocycles. The van der Waals surface area contributed by atoms with Crippen molar-refractivity contribution in [2.75, 3.05) is 19.9 Å². The first-order valence-corrected chi connectivity index (χ1v) is 14.4. The molecule has 0 radical (unpaired) electrons. The van der Waals surface area contributed by atoms with Crippen LogP contribution >= 0.6 is 0 Å². The van der Waals surface area contributed by atoms with E-state index in [1.165, 1.54) is 26.0 Å². The third-order valence-electron chi connectivity index (χ3n) is 5.73. The van der Waals surface area contributed by atoms with E-state index in [0.29, 0.717) is 5.56 Å². The van der Waals surface area contributed by atoms with E-state index in [1.807, 2.05) is 11.6 Å². The molecular weight excluding hydrogens is 613 g/mol. The van der Waals surface area contributed by atoms with E-state index >= 15 is 0 Å². The van der Waals surface area contributed by atoms with Crippen molar-refractivity contribution in [3.8, 4) is 16.9 Å². The minimum absolute atomic E-state index is 0.0506. The number of aryl methyl sites for hydroxylation is 1. The van der Waals surface area contributed by atoms with E-state index in [2.05, 4.69) is 24.7 Å². The maximum atomic E-state index is 13.5. The summed E-state index contributed by atoms with van der Waals surface area (Å²) in [4.78, 5) is 27.7. The van der Waals surface area contributed by atoms with E-state index in [4.69, 9.17) is 0 Å². The molecule has 0 atom stereocenters. The van der Waals surface area contributed by atoms with Crippen molar-refractivity contribution >= 4 is 22.1 Å². The number of nitrogens with zero attached hydrogens (tertiary/aromatic N) is 5. The van der Waals surface area contributed by atoms with Crippen molar-refractivity contribution in [1.82, 2.24) is 19.5 Å². The van der Waals surface area contributed by atoms with E-state index in [0.717, 1.165) is 33.5 Å². The van der Waals surface area contributed by atoms with Gasteiger partial charge in [-0.3, -0.25) is 4.79 Å². The van der Waals surface area contributed by atoms with Crippen molar-refractivity contribution < 1.29 is 50.5 Å². The number of carbonyl (C=O) groups excluding carboxylic acids is 2. The SMILES string of the molecule is CCOC(=O)OCON=[N+]([O-])N(CC(=O)NS(=O)(=O)c1ccc(-n2nc(C(F)(F)F)cc2-c2ccc(C)cc2)cc1)C(C)C. The number of carbonyl (C=O) groups is 2. The van der Waals surface area contributed by atoms with Gasteiger partial charge in [-0.25, -0.2) is 22.6 Å². The lowest BCUT2D eigenvalue weighted by Crippen LogP contribution is -2.45. The maximum Gasteiger partial charge on any atom is 0.511 e. The zero-order valence-corrected chi connectivity index (χ0v) is 24.8. The molecule has 3 aromatic rings. The van der Waals surface area contributed by atoms with Crippen LogP contribution in [0.5, 0.6) is 0 Å². The Hall–Kier alpha value is -4.87. The molecule has 1 heterocycles. The average molecular weight is 643 g/mol. The number of aromatic nitrogens is 2. The molecule has 3 rings (SSSR count). The second-order valence-corrected chi connectivity index (χ2v) is 11.0. The number of sulfonamides is 1. The van der Waals surface area contributed by atoms with Gasteiger partial charge in [0.05, 0.1) is 33.9 Å². The number of rotatable bonds is 12.